The fourth-order valence-electron chi connectivity index (χ4n) is 2.15. The van der Waals surface area contributed by atoms with Gasteiger partial charge in [-0.15, -0.1) is 11.3 Å². The van der Waals surface area contributed by atoms with Crippen molar-refractivity contribution in [1.82, 2.24) is 9.78 Å². The minimum atomic E-state index is -0.0430. The van der Waals surface area contributed by atoms with Crippen LogP contribution in [0.1, 0.15) is 10.6 Å². The number of nitrogens with zero attached hydrogens (tertiary/aromatic N) is 2. The van der Waals surface area contributed by atoms with Gasteiger partial charge in [-0.1, -0.05) is 28.1 Å². The largest absolute Gasteiger partial charge is 0.310 e. The van der Waals surface area contributed by atoms with Gasteiger partial charge >= 0.3 is 0 Å². The Labute approximate surface area is 140 Å². The Bertz CT molecular complexity index is 796. The predicted octanol–water partition coefficient (Wildman–Crippen LogP) is 4.19. The zero-order valence-electron chi connectivity index (χ0n) is 11.9. The van der Waals surface area contributed by atoms with Crippen molar-refractivity contribution in [2.24, 2.45) is 0 Å². The number of nitrogens with one attached hydrogen (secondary N) is 1. The summed E-state index contributed by atoms with van der Waals surface area (Å²) in [5.41, 5.74) is 1.75. The van der Waals surface area contributed by atoms with Gasteiger partial charge in [0.25, 0.3) is 0 Å². The molecule has 3 rings (SSSR count). The maximum atomic E-state index is 12.2. The normalized spacial score (nSPS) is 10.6. The highest BCUT2D eigenvalue weighted by molar-refractivity contribution is 9.10. The maximum absolute atomic E-state index is 12.2. The van der Waals surface area contributed by atoms with Crippen molar-refractivity contribution in [3.8, 4) is 5.69 Å². The van der Waals surface area contributed by atoms with Crippen molar-refractivity contribution < 1.29 is 4.79 Å². The maximum Gasteiger partial charge on any atom is 0.230 e. The summed E-state index contributed by atoms with van der Waals surface area (Å²) in [5.74, 6) is 0.635. The van der Waals surface area contributed by atoms with E-state index in [-0.39, 0.29) is 5.91 Å². The van der Waals surface area contributed by atoms with Crippen molar-refractivity contribution in [2.75, 3.05) is 5.32 Å². The number of thiophene rings is 1. The first-order chi connectivity index (χ1) is 10.6. The number of carbonyl (C=O) groups excluding carboxylic acids is 1. The zero-order chi connectivity index (χ0) is 15.5. The highest BCUT2D eigenvalue weighted by atomic mass is 79.9. The third kappa shape index (κ3) is 3.45. The van der Waals surface area contributed by atoms with E-state index in [2.05, 4.69) is 26.3 Å². The van der Waals surface area contributed by atoms with Crippen LogP contribution in [-0.4, -0.2) is 15.7 Å². The summed E-state index contributed by atoms with van der Waals surface area (Å²) < 4.78 is 2.71. The lowest BCUT2D eigenvalue weighted by molar-refractivity contribution is -0.115. The number of carbonyl (C=O) groups is 1. The standard InChI is InChI=1S/C16H14BrN3OS/c1-11-8-15(18-16(21)10-14-6-3-7-22-14)20(19-11)13-5-2-4-12(17)9-13/h2-9H,10H2,1H3,(H,18,21). The number of hydrogen-bond acceptors (Lipinski definition) is 3. The molecule has 1 aromatic carbocycles. The molecule has 0 spiro atoms. The molecular formula is C16H14BrN3OS. The summed E-state index contributed by atoms with van der Waals surface area (Å²) in [6, 6.07) is 13.6. The van der Waals surface area contributed by atoms with E-state index in [0.717, 1.165) is 20.7 Å². The van der Waals surface area contributed by atoms with Crippen LogP contribution in [0, 0.1) is 6.92 Å². The Kier molecular flexibility index (Phi) is 4.40. The third-order valence-corrected chi connectivity index (χ3v) is 4.44. The van der Waals surface area contributed by atoms with Gasteiger partial charge in [0, 0.05) is 15.4 Å². The van der Waals surface area contributed by atoms with Crippen LogP contribution < -0.4 is 5.32 Å². The quantitative estimate of drug-likeness (QED) is 0.742. The Hall–Kier alpha value is -1.92. The lowest BCUT2D eigenvalue weighted by Crippen LogP contribution is -2.16. The molecule has 22 heavy (non-hydrogen) atoms. The molecule has 0 radical (unpaired) electrons. The first kappa shape index (κ1) is 15.0. The van der Waals surface area contributed by atoms with Crippen molar-refractivity contribution >= 4 is 39.0 Å². The van der Waals surface area contributed by atoms with Crippen molar-refractivity contribution in [3.63, 3.8) is 0 Å². The van der Waals surface area contributed by atoms with Crippen LogP contribution in [0.4, 0.5) is 5.82 Å². The molecule has 0 atom stereocenters. The van der Waals surface area contributed by atoms with Crippen molar-refractivity contribution in [3.05, 3.63) is 62.9 Å². The molecule has 1 amide bonds. The van der Waals surface area contributed by atoms with E-state index in [4.69, 9.17) is 0 Å². The molecule has 0 aliphatic heterocycles. The smallest absolute Gasteiger partial charge is 0.230 e. The lowest BCUT2D eigenvalue weighted by atomic mass is 10.3. The van der Waals surface area contributed by atoms with Crippen LogP contribution in [0.25, 0.3) is 5.69 Å². The summed E-state index contributed by atoms with van der Waals surface area (Å²) in [4.78, 5) is 13.2. The van der Waals surface area contributed by atoms with E-state index in [9.17, 15) is 4.79 Å². The summed E-state index contributed by atoms with van der Waals surface area (Å²) in [6.07, 6.45) is 0.375. The molecule has 4 nitrogen and oxygen atoms in total. The van der Waals surface area contributed by atoms with Gasteiger partial charge < -0.3 is 5.32 Å². The average molecular weight is 376 g/mol. The Morgan fingerprint density at radius 2 is 2.18 bits per heavy atom. The van der Waals surface area contributed by atoms with E-state index in [1.165, 1.54) is 0 Å². The van der Waals surface area contributed by atoms with Gasteiger partial charge in [-0.05, 0) is 36.6 Å². The topological polar surface area (TPSA) is 46.9 Å². The fraction of sp³-hybridized carbons (Fsp3) is 0.125. The summed E-state index contributed by atoms with van der Waals surface area (Å²) >= 11 is 5.03. The second-order valence-corrected chi connectivity index (χ2v) is 6.81. The molecule has 2 aromatic heterocycles. The number of hydrogen-bond donors (Lipinski definition) is 1. The summed E-state index contributed by atoms with van der Waals surface area (Å²) in [6.45, 7) is 1.91. The average Bonchev–Trinajstić information content (AvgIpc) is 3.08. The molecule has 0 unspecified atom stereocenters. The summed E-state index contributed by atoms with van der Waals surface area (Å²) in [7, 11) is 0. The number of anilines is 1. The van der Waals surface area contributed by atoms with Crippen LogP contribution in [-0.2, 0) is 11.2 Å². The van der Waals surface area contributed by atoms with Gasteiger partial charge in [-0.2, -0.15) is 5.10 Å². The second kappa shape index (κ2) is 6.46. The number of benzene rings is 1. The zero-order valence-corrected chi connectivity index (χ0v) is 14.3. The molecule has 0 saturated heterocycles. The molecule has 0 fully saturated rings. The molecule has 0 bridgehead atoms. The molecular weight excluding hydrogens is 362 g/mol. The van der Waals surface area contributed by atoms with Gasteiger partial charge in [-0.3, -0.25) is 4.79 Å². The Morgan fingerprint density at radius 3 is 2.91 bits per heavy atom. The molecule has 0 aliphatic rings. The highest BCUT2D eigenvalue weighted by Gasteiger charge is 2.12. The third-order valence-electron chi connectivity index (χ3n) is 3.07. The SMILES string of the molecule is Cc1cc(NC(=O)Cc2cccs2)n(-c2cccc(Br)c2)n1. The van der Waals surface area contributed by atoms with Crippen LogP contribution in [0.5, 0.6) is 0 Å². The number of aromatic nitrogens is 2. The first-order valence-corrected chi connectivity index (χ1v) is 8.44. The van der Waals surface area contributed by atoms with E-state index < -0.39 is 0 Å². The minimum absolute atomic E-state index is 0.0430. The second-order valence-electron chi connectivity index (χ2n) is 4.87. The minimum Gasteiger partial charge on any atom is -0.310 e. The molecule has 6 heteroatoms. The molecule has 0 saturated carbocycles. The van der Waals surface area contributed by atoms with E-state index >= 15 is 0 Å². The van der Waals surface area contributed by atoms with Gasteiger partial charge in [0.15, 0.2) is 0 Å². The Morgan fingerprint density at radius 1 is 1.32 bits per heavy atom. The van der Waals surface area contributed by atoms with Crippen LogP contribution in [0.3, 0.4) is 0 Å². The number of rotatable bonds is 4. The van der Waals surface area contributed by atoms with E-state index in [0.29, 0.717) is 12.2 Å². The molecule has 3 aromatic rings. The van der Waals surface area contributed by atoms with Gasteiger partial charge in [0.2, 0.25) is 5.91 Å². The van der Waals surface area contributed by atoms with Crippen LogP contribution in [0.15, 0.2) is 52.3 Å². The number of amides is 1. The van der Waals surface area contributed by atoms with Crippen molar-refractivity contribution in [1.29, 1.82) is 0 Å². The van der Waals surface area contributed by atoms with E-state index in [1.807, 2.05) is 54.8 Å². The molecule has 1 N–H and O–H groups in total. The van der Waals surface area contributed by atoms with Gasteiger partial charge in [-0.25, -0.2) is 4.68 Å². The number of halogens is 1. The monoisotopic (exact) mass is 375 g/mol. The highest BCUT2D eigenvalue weighted by Crippen LogP contribution is 2.21. The summed E-state index contributed by atoms with van der Waals surface area (Å²) in [5, 5.41) is 9.37. The predicted molar refractivity (Wildman–Crippen MR) is 92.7 cm³/mol. The van der Waals surface area contributed by atoms with Crippen molar-refractivity contribution in [2.45, 2.75) is 13.3 Å². The Balaban J connectivity index is 1.83. The lowest BCUT2D eigenvalue weighted by Gasteiger charge is -2.09. The molecule has 0 aliphatic carbocycles. The first-order valence-electron chi connectivity index (χ1n) is 6.76. The van der Waals surface area contributed by atoms with Gasteiger partial charge in [0.1, 0.15) is 5.82 Å². The van der Waals surface area contributed by atoms with E-state index in [1.54, 1.807) is 16.0 Å². The fourth-order valence-corrected chi connectivity index (χ4v) is 3.24. The van der Waals surface area contributed by atoms with Crippen LogP contribution in [0.2, 0.25) is 0 Å². The van der Waals surface area contributed by atoms with Crippen LogP contribution >= 0.6 is 27.3 Å². The molecule has 2 heterocycles. The van der Waals surface area contributed by atoms with Gasteiger partial charge in [0.05, 0.1) is 17.8 Å². The molecule has 112 valence electrons. The number of aryl methyl sites for hydroxylation is 1.